The Morgan fingerprint density at radius 2 is 2.13 bits per heavy atom. The summed E-state index contributed by atoms with van der Waals surface area (Å²) in [4.78, 5) is 18.9. The molecule has 8 heteroatoms. The van der Waals surface area contributed by atoms with E-state index in [1.807, 2.05) is 6.92 Å². The molecule has 0 spiro atoms. The number of halogens is 1. The van der Waals surface area contributed by atoms with Gasteiger partial charge in [-0.15, -0.1) is 4.48 Å². The van der Waals surface area contributed by atoms with Gasteiger partial charge in [-0.25, -0.2) is 9.80 Å². The van der Waals surface area contributed by atoms with Gasteiger partial charge >= 0.3 is 5.69 Å². The second-order valence-electron chi connectivity index (χ2n) is 7.10. The number of methoxy groups -OCH3 is 1. The van der Waals surface area contributed by atoms with Crippen molar-refractivity contribution >= 4 is 6.21 Å². The molecule has 0 aliphatic carbocycles. The second-order valence-corrected chi connectivity index (χ2v) is 7.10. The Hall–Kier alpha value is -2.71. The molecule has 0 aromatic carbocycles. The van der Waals surface area contributed by atoms with Crippen LogP contribution in [-0.2, 0) is 11.3 Å². The lowest BCUT2D eigenvalue weighted by Crippen LogP contribution is -2.29. The second kappa shape index (κ2) is 12.8. The van der Waals surface area contributed by atoms with E-state index in [1.165, 1.54) is 0 Å². The number of ether oxygens (including phenoxy) is 1. The SMILES string of the molecule is C=C/C(Cn1c(C)c(C=NC(=C)C)[nH]c1=O)=C(\C=C)OC.CC[C@@H]1CCN(NF)C1. The fourth-order valence-corrected chi connectivity index (χ4v) is 3.06. The van der Waals surface area contributed by atoms with Crippen molar-refractivity contribution in [2.24, 2.45) is 10.9 Å². The average molecular weight is 420 g/mol. The van der Waals surface area contributed by atoms with Crippen molar-refractivity contribution in [3.8, 4) is 0 Å². The van der Waals surface area contributed by atoms with Gasteiger partial charge in [0.2, 0.25) is 0 Å². The first-order valence-electron chi connectivity index (χ1n) is 9.93. The number of aliphatic imine (C=N–C) groups is 1. The number of hydrogen-bond donors (Lipinski definition) is 2. The van der Waals surface area contributed by atoms with Crippen LogP contribution in [0.5, 0.6) is 0 Å². The number of aromatic amines is 1. The third-order valence-corrected chi connectivity index (χ3v) is 4.97. The molecule has 1 aromatic rings. The van der Waals surface area contributed by atoms with Gasteiger partial charge in [0.25, 0.3) is 0 Å². The highest BCUT2D eigenvalue weighted by Crippen LogP contribution is 2.16. The van der Waals surface area contributed by atoms with Crippen LogP contribution in [0.15, 0.2) is 58.7 Å². The summed E-state index contributed by atoms with van der Waals surface area (Å²) in [6.07, 6.45) is 7.14. The fourth-order valence-electron chi connectivity index (χ4n) is 3.06. The minimum atomic E-state index is -0.213. The van der Waals surface area contributed by atoms with Gasteiger partial charge in [-0.2, -0.15) is 0 Å². The minimum Gasteiger partial charge on any atom is -0.496 e. The first kappa shape index (κ1) is 25.3. The lowest BCUT2D eigenvalue weighted by molar-refractivity contribution is 0.0851. The van der Waals surface area contributed by atoms with Gasteiger partial charge < -0.3 is 9.72 Å². The van der Waals surface area contributed by atoms with Crippen LogP contribution in [0.4, 0.5) is 4.48 Å². The number of nitrogens with one attached hydrogen (secondary N) is 2. The Morgan fingerprint density at radius 1 is 1.43 bits per heavy atom. The summed E-state index contributed by atoms with van der Waals surface area (Å²) in [5.41, 5.74) is 4.33. The monoisotopic (exact) mass is 419 g/mol. The molecule has 1 aliphatic rings. The van der Waals surface area contributed by atoms with Gasteiger partial charge in [-0.05, 0) is 32.3 Å². The highest BCUT2D eigenvalue weighted by Gasteiger charge is 2.20. The Kier molecular flexibility index (Phi) is 10.8. The third kappa shape index (κ3) is 7.27. The summed E-state index contributed by atoms with van der Waals surface area (Å²) >= 11 is 0. The summed E-state index contributed by atoms with van der Waals surface area (Å²) < 4.78 is 18.5. The number of rotatable bonds is 9. The van der Waals surface area contributed by atoms with E-state index < -0.39 is 0 Å². The van der Waals surface area contributed by atoms with Gasteiger partial charge in [0.1, 0.15) is 5.76 Å². The lowest BCUT2D eigenvalue weighted by Gasteiger charge is -2.09. The molecule has 30 heavy (non-hydrogen) atoms. The van der Waals surface area contributed by atoms with E-state index in [9.17, 15) is 9.28 Å². The van der Waals surface area contributed by atoms with Gasteiger partial charge in [0.15, 0.2) is 0 Å². The Bertz CT molecular complexity index is 840. The molecule has 0 unspecified atom stereocenters. The molecule has 2 heterocycles. The molecule has 2 rings (SSSR count). The number of allylic oxidation sites excluding steroid dienone is 4. The highest BCUT2D eigenvalue weighted by atomic mass is 19.2. The fraction of sp³-hybridized carbons (Fsp3) is 0.455. The van der Waals surface area contributed by atoms with Crippen LogP contribution in [0, 0.1) is 12.8 Å². The van der Waals surface area contributed by atoms with Crippen LogP contribution in [0.25, 0.3) is 0 Å². The molecule has 2 N–H and O–H groups in total. The molecule has 0 amide bonds. The average Bonchev–Trinajstić information content (AvgIpc) is 3.31. The van der Waals surface area contributed by atoms with Crippen LogP contribution >= 0.6 is 0 Å². The maximum absolute atomic E-state index is 12.1. The standard InChI is InChI=1S/C16H21N3O2.C6H13FN2/c1-7-13(15(8-2)21-6)10-19-12(5)14(18-16(19)20)9-17-11(3)4;1-2-6-3-4-9(5-6)8-7/h7-9H,1-3,10H2,4-6H3,(H,18,20);6,8H,2-5H2,1H3/b15-13-,17-9?;/t;6-/m.1/s1. The molecule has 7 nitrogen and oxygen atoms in total. The molecule has 1 saturated heterocycles. The molecule has 0 saturated carbocycles. The summed E-state index contributed by atoms with van der Waals surface area (Å²) in [6.45, 7) is 19.0. The Morgan fingerprint density at radius 3 is 2.57 bits per heavy atom. The molecule has 0 bridgehead atoms. The summed E-state index contributed by atoms with van der Waals surface area (Å²) in [5, 5.41) is 1.62. The molecular weight excluding hydrogens is 385 g/mol. The van der Waals surface area contributed by atoms with Crippen molar-refractivity contribution in [1.82, 2.24) is 20.2 Å². The van der Waals surface area contributed by atoms with Crippen molar-refractivity contribution in [2.75, 3.05) is 20.2 Å². The maximum Gasteiger partial charge on any atom is 0.326 e. The zero-order valence-electron chi connectivity index (χ0n) is 18.5. The molecule has 166 valence electrons. The van der Waals surface area contributed by atoms with Gasteiger partial charge in [0.05, 0.1) is 25.6 Å². The Balaban J connectivity index is 0.000000414. The number of imidazole rings is 1. The van der Waals surface area contributed by atoms with Crippen LogP contribution in [0.3, 0.4) is 0 Å². The van der Waals surface area contributed by atoms with E-state index >= 15 is 0 Å². The number of hydrazine groups is 1. The summed E-state index contributed by atoms with van der Waals surface area (Å²) in [5.74, 6) is 1.29. The van der Waals surface area contributed by atoms with Crippen molar-refractivity contribution in [3.63, 3.8) is 0 Å². The first-order chi connectivity index (χ1) is 14.3. The predicted molar refractivity (Wildman–Crippen MR) is 121 cm³/mol. The van der Waals surface area contributed by atoms with Crippen LogP contribution in [0.1, 0.15) is 38.1 Å². The van der Waals surface area contributed by atoms with Crippen molar-refractivity contribution in [2.45, 2.75) is 40.2 Å². The quantitative estimate of drug-likeness (QED) is 0.276. The van der Waals surface area contributed by atoms with Gasteiger partial charge in [-0.1, -0.05) is 44.8 Å². The Labute approximate surface area is 178 Å². The predicted octanol–water partition coefficient (Wildman–Crippen LogP) is 3.82. The van der Waals surface area contributed by atoms with Gasteiger partial charge in [-0.3, -0.25) is 9.56 Å². The zero-order chi connectivity index (χ0) is 22.7. The first-order valence-corrected chi connectivity index (χ1v) is 9.93. The molecule has 1 aromatic heterocycles. The summed E-state index contributed by atoms with van der Waals surface area (Å²) in [7, 11) is 1.55. The molecule has 1 fully saturated rings. The van der Waals surface area contributed by atoms with E-state index in [4.69, 9.17) is 4.74 Å². The normalized spacial score (nSPS) is 17.3. The van der Waals surface area contributed by atoms with E-state index in [0.717, 1.165) is 37.2 Å². The molecular formula is C22H34FN5O2. The maximum atomic E-state index is 12.1. The number of nitrogens with zero attached hydrogens (tertiary/aromatic N) is 3. The van der Waals surface area contributed by atoms with E-state index in [2.05, 4.69) is 36.6 Å². The van der Waals surface area contributed by atoms with Crippen LogP contribution in [0.2, 0.25) is 0 Å². The van der Waals surface area contributed by atoms with E-state index in [0.29, 0.717) is 29.6 Å². The van der Waals surface area contributed by atoms with Crippen molar-refractivity contribution < 1.29 is 9.22 Å². The topological polar surface area (TPSA) is 74.6 Å². The minimum absolute atomic E-state index is 0.213. The van der Waals surface area contributed by atoms with Gasteiger partial charge in [0, 0.05) is 30.1 Å². The number of aromatic nitrogens is 2. The van der Waals surface area contributed by atoms with Crippen LogP contribution < -0.4 is 11.3 Å². The largest absolute Gasteiger partial charge is 0.496 e. The smallest absolute Gasteiger partial charge is 0.326 e. The molecule has 1 aliphatic heterocycles. The summed E-state index contributed by atoms with van der Waals surface area (Å²) in [6, 6.07) is 0. The molecule has 0 radical (unpaired) electrons. The van der Waals surface area contributed by atoms with E-state index in [-0.39, 0.29) is 5.69 Å². The highest BCUT2D eigenvalue weighted by molar-refractivity contribution is 5.79. The third-order valence-electron chi connectivity index (χ3n) is 4.97. The lowest BCUT2D eigenvalue weighted by atomic mass is 10.1. The zero-order valence-corrected chi connectivity index (χ0v) is 18.5. The van der Waals surface area contributed by atoms with E-state index in [1.54, 1.807) is 47.6 Å². The van der Waals surface area contributed by atoms with Crippen molar-refractivity contribution in [3.05, 3.63) is 70.8 Å². The van der Waals surface area contributed by atoms with Crippen LogP contribution in [-0.4, -0.2) is 41.0 Å². The number of H-pyrrole nitrogens is 1. The number of hydrogen-bond acceptors (Lipinski definition) is 5. The van der Waals surface area contributed by atoms with Crippen molar-refractivity contribution in [1.29, 1.82) is 0 Å². The molecule has 1 atom stereocenters.